The zero-order valence-corrected chi connectivity index (χ0v) is 13.4. The molecule has 0 saturated carbocycles. The molecule has 2 N–H and O–H groups in total. The van der Waals surface area contributed by atoms with Gasteiger partial charge in [0.05, 0.1) is 10.1 Å². The topological polar surface area (TPSA) is 88.9 Å². The van der Waals surface area contributed by atoms with Crippen molar-refractivity contribution in [2.75, 3.05) is 7.05 Å². The van der Waals surface area contributed by atoms with E-state index in [0.717, 1.165) is 10.7 Å². The third-order valence-corrected chi connectivity index (χ3v) is 4.69. The standard InChI is InChI=1S/C12H15N5O2S2/c1-7(10(18)14-11(19)13-2)21-12-16-15-9(17(12)3)8-5-4-6-20-8/h4-7H,1-3H3,(H2,13,14,18,19). The Kier molecular flexibility index (Phi) is 4.97. The van der Waals surface area contributed by atoms with Crippen molar-refractivity contribution >= 4 is 35.0 Å². The number of imide groups is 1. The van der Waals surface area contributed by atoms with E-state index in [1.54, 1.807) is 18.3 Å². The van der Waals surface area contributed by atoms with Gasteiger partial charge in [0, 0.05) is 14.1 Å². The highest BCUT2D eigenvalue weighted by atomic mass is 32.2. The Morgan fingerprint density at radius 1 is 1.43 bits per heavy atom. The van der Waals surface area contributed by atoms with E-state index >= 15 is 0 Å². The lowest BCUT2D eigenvalue weighted by atomic mass is 10.4. The van der Waals surface area contributed by atoms with E-state index in [2.05, 4.69) is 20.8 Å². The number of hydrogen-bond donors (Lipinski definition) is 2. The summed E-state index contributed by atoms with van der Waals surface area (Å²) in [5.41, 5.74) is 0. The van der Waals surface area contributed by atoms with Gasteiger partial charge in [-0.05, 0) is 18.4 Å². The number of urea groups is 1. The second-order valence-corrected chi connectivity index (χ2v) is 6.43. The number of rotatable bonds is 4. The number of carbonyl (C=O) groups is 2. The number of carbonyl (C=O) groups excluding carboxylic acids is 2. The molecule has 0 radical (unpaired) electrons. The largest absolute Gasteiger partial charge is 0.341 e. The lowest BCUT2D eigenvalue weighted by molar-refractivity contribution is -0.119. The molecule has 0 aliphatic rings. The van der Waals surface area contributed by atoms with Crippen molar-refractivity contribution < 1.29 is 9.59 Å². The number of nitrogens with one attached hydrogen (secondary N) is 2. The Hall–Kier alpha value is -1.87. The van der Waals surface area contributed by atoms with Gasteiger partial charge in [-0.25, -0.2) is 4.79 Å². The minimum Gasteiger partial charge on any atom is -0.341 e. The molecule has 0 fully saturated rings. The molecule has 1 unspecified atom stereocenters. The summed E-state index contributed by atoms with van der Waals surface area (Å²) in [4.78, 5) is 24.0. The monoisotopic (exact) mass is 325 g/mol. The first kappa shape index (κ1) is 15.5. The highest BCUT2D eigenvalue weighted by Crippen LogP contribution is 2.27. The summed E-state index contributed by atoms with van der Waals surface area (Å²) in [5.74, 6) is 0.381. The highest BCUT2D eigenvalue weighted by Gasteiger charge is 2.20. The van der Waals surface area contributed by atoms with E-state index in [1.165, 1.54) is 18.8 Å². The predicted molar refractivity (Wildman–Crippen MR) is 82.2 cm³/mol. The summed E-state index contributed by atoms with van der Waals surface area (Å²) in [6, 6.07) is 3.39. The second kappa shape index (κ2) is 6.72. The Bertz CT molecular complexity index is 638. The Morgan fingerprint density at radius 3 is 2.81 bits per heavy atom. The van der Waals surface area contributed by atoms with Crippen molar-refractivity contribution in [2.45, 2.75) is 17.3 Å². The van der Waals surface area contributed by atoms with Crippen LogP contribution in [0.1, 0.15) is 6.92 Å². The molecule has 3 amide bonds. The zero-order valence-electron chi connectivity index (χ0n) is 11.8. The maximum absolute atomic E-state index is 11.8. The van der Waals surface area contributed by atoms with Crippen LogP contribution in [-0.2, 0) is 11.8 Å². The van der Waals surface area contributed by atoms with Gasteiger partial charge in [0.15, 0.2) is 11.0 Å². The van der Waals surface area contributed by atoms with Gasteiger partial charge < -0.3 is 9.88 Å². The number of aromatic nitrogens is 3. The van der Waals surface area contributed by atoms with Crippen LogP contribution in [0.2, 0.25) is 0 Å². The summed E-state index contributed by atoms with van der Waals surface area (Å²) in [6.45, 7) is 1.71. The fourth-order valence-corrected chi connectivity index (χ4v) is 3.08. The average molecular weight is 325 g/mol. The van der Waals surface area contributed by atoms with E-state index in [4.69, 9.17) is 0 Å². The molecule has 0 aliphatic carbocycles. The van der Waals surface area contributed by atoms with Crippen LogP contribution >= 0.6 is 23.1 Å². The van der Waals surface area contributed by atoms with Crippen LogP contribution in [0.15, 0.2) is 22.7 Å². The van der Waals surface area contributed by atoms with Crippen molar-refractivity contribution in [3.8, 4) is 10.7 Å². The third kappa shape index (κ3) is 3.61. The van der Waals surface area contributed by atoms with Crippen molar-refractivity contribution in [3.05, 3.63) is 17.5 Å². The van der Waals surface area contributed by atoms with Crippen LogP contribution in [0.4, 0.5) is 4.79 Å². The average Bonchev–Trinajstić information content (AvgIpc) is 3.09. The summed E-state index contributed by atoms with van der Waals surface area (Å²) in [5, 5.41) is 14.9. The number of thioether (sulfide) groups is 1. The summed E-state index contributed by atoms with van der Waals surface area (Å²) < 4.78 is 1.83. The maximum Gasteiger partial charge on any atom is 0.321 e. The van der Waals surface area contributed by atoms with E-state index in [-0.39, 0.29) is 5.91 Å². The van der Waals surface area contributed by atoms with Gasteiger partial charge in [0.1, 0.15) is 0 Å². The van der Waals surface area contributed by atoms with Crippen LogP contribution in [0, 0.1) is 0 Å². The molecule has 1 atom stereocenters. The van der Waals surface area contributed by atoms with Crippen molar-refractivity contribution in [1.29, 1.82) is 0 Å². The molecule has 21 heavy (non-hydrogen) atoms. The zero-order chi connectivity index (χ0) is 15.4. The molecule has 112 valence electrons. The summed E-state index contributed by atoms with van der Waals surface area (Å²) in [6.07, 6.45) is 0. The van der Waals surface area contributed by atoms with Crippen LogP contribution in [0.5, 0.6) is 0 Å². The van der Waals surface area contributed by atoms with E-state index < -0.39 is 11.3 Å². The van der Waals surface area contributed by atoms with Gasteiger partial charge >= 0.3 is 6.03 Å². The second-order valence-electron chi connectivity index (χ2n) is 4.17. The molecule has 0 saturated heterocycles. The minimum absolute atomic E-state index is 0.375. The van der Waals surface area contributed by atoms with Crippen molar-refractivity contribution in [2.24, 2.45) is 7.05 Å². The van der Waals surface area contributed by atoms with Gasteiger partial charge in [0.25, 0.3) is 0 Å². The Balaban J connectivity index is 2.07. The quantitative estimate of drug-likeness (QED) is 0.831. The third-order valence-electron chi connectivity index (χ3n) is 2.69. The Morgan fingerprint density at radius 2 is 2.19 bits per heavy atom. The van der Waals surface area contributed by atoms with E-state index in [1.807, 2.05) is 29.1 Å². The van der Waals surface area contributed by atoms with E-state index in [0.29, 0.717) is 5.16 Å². The lowest BCUT2D eigenvalue weighted by Gasteiger charge is -2.10. The molecule has 2 rings (SSSR count). The fourth-order valence-electron chi connectivity index (χ4n) is 1.53. The lowest BCUT2D eigenvalue weighted by Crippen LogP contribution is -2.41. The van der Waals surface area contributed by atoms with Gasteiger partial charge in [-0.1, -0.05) is 17.8 Å². The highest BCUT2D eigenvalue weighted by molar-refractivity contribution is 8.00. The molecule has 0 aromatic carbocycles. The number of hydrogen-bond acceptors (Lipinski definition) is 6. The molecule has 0 bridgehead atoms. The molecular formula is C12H15N5O2S2. The number of nitrogens with zero attached hydrogens (tertiary/aromatic N) is 3. The van der Waals surface area contributed by atoms with Gasteiger partial charge in [-0.15, -0.1) is 21.5 Å². The molecule has 2 aromatic heterocycles. The predicted octanol–water partition coefficient (Wildman–Crippen LogP) is 1.48. The van der Waals surface area contributed by atoms with Gasteiger partial charge in [-0.2, -0.15) is 0 Å². The smallest absolute Gasteiger partial charge is 0.321 e. The first-order valence-electron chi connectivity index (χ1n) is 6.15. The first-order valence-corrected chi connectivity index (χ1v) is 7.91. The number of thiophene rings is 1. The minimum atomic E-state index is -0.523. The summed E-state index contributed by atoms with van der Waals surface area (Å²) in [7, 11) is 3.30. The van der Waals surface area contributed by atoms with Crippen LogP contribution in [0.3, 0.4) is 0 Å². The molecule has 2 aromatic rings. The number of amides is 3. The molecule has 9 heteroatoms. The maximum atomic E-state index is 11.8. The van der Waals surface area contributed by atoms with Crippen LogP contribution < -0.4 is 10.6 Å². The Labute approximate surface area is 130 Å². The molecule has 2 heterocycles. The summed E-state index contributed by atoms with van der Waals surface area (Å²) >= 11 is 2.83. The normalized spacial score (nSPS) is 12.0. The van der Waals surface area contributed by atoms with Crippen molar-refractivity contribution in [3.63, 3.8) is 0 Å². The molecular weight excluding hydrogens is 310 g/mol. The van der Waals surface area contributed by atoms with Crippen LogP contribution in [0.25, 0.3) is 10.7 Å². The van der Waals surface area contributed by atoms with Gasteiger partial charge in [0.2, 0.25) is 5.91 Å². The van der Waals surface area contributed by atoms with Crippen LogP contribution in [-0.4, -0.2) is 39.0 Å². The molecule has 7 nitrogen and oxygen atoms in total. The fraction of sp³-hybridized carbons (Fsp3) is 0.333. The van der Waals surface area contributed by atoms with E-state index in [9.17, 15) is 9.59 Å². The molecule has 0 spiro atoms. The van der Waals surface area contributed by atoms with Crippen molar-refractivity contribution in [1.82, 2.24) is 25.4 Å². The van der Waals surface area contributed by atoms with Gasteiger partial charge in [-0.3, -0.25) is 10.1 Å². The molecule has 0 aliphatic heterocycles. The first-order chi connectivity index (χ1) is 10.0. The SMILES string of the molecule is CNC(=O)NC(=O)C(C)Sc1nnc(-c2cccs2)n1C.